The molecule has 0 aromatic heterocycles. The largest absolute Gasteiger partial charge is 0.415 e. The third-order valence-electron chi connectivity index (χ3n) is 11.6. The Morgan fingerprint density at radius 1 is 0.800 bits per heavy atom. The monoisotopic (exact) mass is 669 g/mol. The Morgan fingerprint density at radius 2 is 1.49 bits per heavy atom. The summed E-state index contributed by atoms with van der Waals surface area (Å²) >= 11 is 0. The van der Waals surface area contributed by atoms with Crippen LogP contribution in [0.3, 0.4) is 0 Å². The van der Waals surface area contributed by atoms with Gasteiger partial charge in [-0.25, -0.2) is 0 Å². The van der Waals surface area contributed by atoms with Crippen molar-refractivity contribution in [1.82, 2.24) is 0 Å². The minimum absolute atomic E-state index is 0.00635. The van der Waals surface area contributed by atoms with Gasteiger partial charge in [0, 0.05) is 5.41 Å². The molecular formula is C37H63NO4Si3. The summed E-state index contributed by atoms with van der Waals surface area (Å²) in [5.74, 6) is 2.12. The van der Waals surface area contributed by atoms with Gasteiger partial charge >= 0.3 is 0 Å². The van der Waals surface area contributed by atoms with Gasteiger partial charge in [-0.3, -0.25) is 0 Å². The molecule has 0 aliphatic heterocycles. The van der Waals surface area contributed by atoms with Crippen molar-refractivity contribution in [2.45, 2.75) is 142 Å². The van der Waals surface area contributed by atoms with Crippen LogP contribution in [-0.2, 0) is 24.7 Å². The minimum atomic E-state index is -1.90. The van der Waals surface area contributed by atoms with Gasteiger partial charge < -0.3 is 18.1 Å². The van der Waals surface area contributed by atoms with Gasteiger partial charge in [-0.2, -0.15) is 0 Å². The Morgan fingerprint density at radius 3 is 2.13 bits per heavy atom. The number of oxime groups is 1. The van der Waals surface area contributed by atoms with Gasteiger partial charge in [-0.1, -0.05) is 54.9 Å². The third kappa shape index (κ3) is 7.51. The fraction of sp³-hybridized carbons (Fsp3) is 0.757. The summed E-state index contributed by atoms with van der Waals surface area (Å²) < 4.78 is 21.5. The van der Waals surface area contributed by atoms with Crippen LogP contribution in [0.15, 0.2) is 47.1 Å². The maximum Gasteiger partial charge on any atom is 0.184 e. The summed E-state index contributed by atoms with van der Waals surface area (Å²) in [6.07, 6.45) is 11.9. The molecule has 0 N–H and O–H groups in total. The Labute approximate surface area is 278 Å². The Bertz CT molecular complexity index is 1250. The number of rotatable bonds is 11. The van der Waals surface area contributed by atoms with Crippen LogP contribution in [0.5, 0.6) is 0 Å². The van der Waals surface area contributed by atoms with E-state index in [1.807, 2.05) is 6.07 Å². The second kappa shape index (κ2) is 12.8. The summed E-state index contributed by atoms with van der Waals surface area (Å²) in [4.78, 5) is 5.82. The van der Waals surface area contributed by atoms with Crippen LogP contribution in [0.25, 0.3) is 0 Å². The van der Waals surface area contributed by atoms with E-state index in [1.54, 1.807) is 5.57 Å². The van der Waals surface area contributed by atoms with Gasteiger partial charge in [0.15, 0.2) is 25.0 Å². The lowest BCUT2D eigenvalue weighted by Gasteiger charge is -2.62. The summed E-state index contributed by atoms with van der Waals surface area (Å²) in [7, 11) is -5.49. The van der Waals surface area contributed by atoms with Crippen molar-refractivity contribution in [3.8, 4) is 0 Å². The second-order valence-electron chi connectivity index (χ2n) is 18.1. The molecule has 4 aliphatic rings. The normalized spacial score (nSPS) is 35.3. The van der Waals surface area contributed by atoms with Gasteiger partial charge in [0.25, 0.3) is 0 Å². The van der Waals surface area contributed by atoms with Crippen LogP contribution < -0.4 is 0 Å². The molecule has 5 rings (SSSR count). The van der Waals surface area contributed by atoms with E-state index in [0.717, 1.165) is 36.0 Å². The molecule has 4 aliphatic carbocycles. The number of allylic oxidation sites excluding steroid dienone is 2. The molecular weight excluding hydrogens is 607 g/mol. The van der Waals surface area contributed by atoms with E-state index in [1.165, 1.54) is 38.5 Å². The van der Waals surface area contributed by atoms with Crippen LogP contribution in [0.2, 0.25) is 58.9 Å². The van der Waals surface area contributed by atoms with Crippen molar-refractivity contribution in [3.63, 3.8) is 0 Å². The Hall–Kier alpha value is -1.04. The number of hydrogen-bond acceptors (Lipinski definition) is 5. The summed E-state index contributed by atoms with van der Waals surface area (Å²) in [6, 6.07) is 10.3. The summed E-state index contributed by atoms with van der Waals surface area (Å²) in [6.45, 7) is 27.5. The number of nitrogens with zero attached hydrogens (tertiary/aromatic N) is 1. The van der Waals surface area contributed by atoms with Crippen LogP contribution in [-0.4, -0.2) is 49.0 Å². The van der Waals surface area contributed by atoms with Crippen molar-refractivity contribution in [3.05, 3.63) is 47.5 Å². The zero-order chi connectivity index (χ0) is 32.9. The zero-order valence-corrected chi connectivity index (χ0v) is 33.4. The van der Waals surface area contributed by atoms with Crippen molar-refractivity contribution in [2.24, 2.45) is 33.7 Å². The van der Waals surface area contributed by atoms with Gasteiger partial charge in [-0.15, -0.1) is 0 Å². The Balaban J connectivity index is 1.41. The van der Waals surface area contributed by atoms with E-state index in [0.29, 0.717) is 19.1 Å². The maximum absolute atomic E-state index is 7.56. The summed E-state index contributed by atoms with van der Waals surface area (Å²) in [5.41, 5.74) is 3.96. The van der Waals surface area contributed by atoms with E-state index < -0.39 is 25.0 Å². The Kier molecular flexibility index (Phi) is 10.0. The highest BCUT2D eigenvalue weighted by molar-refractivity contribution is 6.70. The minimum Gasteiger partial charge on any atom is -0.415 e. The molecule has 3 fully saturated rings. The third-order valence-corrected chi connectivity index (χ3v) is 14.6. The van der Waals surface area contributed by atoms with Gasteiger partial charge in [-0.05, 0) is 145 Å². The van der Waals surface area contributed by atoms with Crippen LogP contribution in [0.4, 0.5) is 0 Å². The average Bonchev–Trinajstić information content (AvgIpc) is 3.22. The van der Waals surface area contributed by atoms with E-state index in [4.69, 9.17) is 18.1 Å². The first-order chi connectivity index (χ1) is 20.9. The van der Waals surface area contributed by atoms with Crippen LogP contribution >= 0.6 is 0 Å². The standard InChI is InChI=1S/C37H63NO4Si3/c1-35-22-19-30(38-39-26-28-15-13-12-14-16-28)25-29(35)17-18-31-32(35)20-23-36(2)33(31)21-24-37(36,42-45(9,10)11)34(41-44(6,7)8)27-40-43(3,4)5/h12-16,25,31-34H,17-24,26-27H2,1-11H3/b38-30+/t31-,32+,33+,34-,35+,36+,37+/m1/s1. The van der Waals surface area contributed by atoms with Crippen molar-refractivity contribution < 1.29 is 18.1 Å². The van der Waals surface area contributed by atoms with Gasteiger partial charge in [0.2, 0.25) is 0 Å². The first kappa shape index (κ1) is 35.3. The number of fused-ring (bicyclic) bond motifs is 5. The van der Waals surface area contributed by atoms with Crippen LogP contribution in [0.1, 0.15) is 70.8 Å². The lowest BCUT2D eigenvalue weighted by molar-refractivity contribution is -0.167. The number of benzene rings is 1. The molecule has 8 heteroatoms. The molecule has 1 aromatic carbocycles. The molecule has 3 saturated carbocycles. The van der Waals surface area contributed by atoms with E-state index in [-0.39, 0.29) is 22.5 Å². The molecule has 0 unspecified atom stereocenters. The lowest BCUT2D eigenvalue weighted by Crippen LogP contribution is -2.65. The molecule has 0 radical (unpaired) electrons. The highest BCUT2D eigenvalue weighted by Gasteiger charge is 2.68. The lowest BCUT2D eigenvalue weighted by atomic mass is 9.46. The SMILES string of the molecule is C[C@]12CC/C(=N\OCc3ccccc3)C=C1CC[C@@H]1[C@@H]2CC[C@@]2(C)[C@H]1CC[C@]2(O[Si](C)(C)C)[C@@H](CO[Si](C)(C)C)O[Si](C)(C)C. The molecule has 0 amide bonds. The first-order valence-corrected chi connectivity index (χ1v) is 28.0. The molecule has 252 valence electrons. The molecule has 7 atom stereocenters. The van der Waals surface area contributed by atoms with E-state index >= 15 is 0 Å². The fourth-order valence-corrected chi connectivity index (χ4v) is 13.1. The van der Waals surface area contributed by atoms with Gasteiger partial charge in [0.05, 0.1) is 24.0 Å². The molecule has 1 aromatic rings. The molecule has 0 spiro atoms. The fourth-order valence-electron chi connectivity index (χ4n) is 9.77. The van der Waals surface area contributed by atoms with Crippen molar-refractivity contribution in [1.29, 1.82) is 0 Å². The molecule has 5 nitrogen and oxygen atoms in total. The van der Waals surface area contributed by atoms with Crippen molar-refractivity contribution in [2.75, 3.05) is 6.61 Å². The maximum atomic E-state index is 7.56. The molecule has 0 saturated heterocycles. The second-order valence-corrected chi connectivity index (χ2v) is 31.5. The van der Waals surface area contributed by atoms with E-state index in [2.05, 4.69) is 108 Å². The average molecular weight is 670 g/mol. The molecule has 45 heavy (non-hydrogen) atoms. The van der Waals surface area contributed by atoms with Gasteiger partial charge in [0.1, 0.15) is 6.61 Å². The molecule has 0 bridgehead atoms. The predicted octanol–water partition coefficient (Wildman–Crippen LogP) is 10.2. The zero-order valence-electron chi connectivity index (χ0n) is 30.4. The van der Waals surface area contributed by atoms with E-state index in [9.17, 15) is 0 Å². The first-order valence-electron chi connectivity index (χ1n) is 17.8. The molecule has 0 heterocycles. The highest BCUT2D eigenvalue weighted by Crippen LogP contribution is 2.69. The van der Waals surface area contributed by atoms with Crippen molar-refractivity contribution >= 4 is 30.7 Å². The number of hydrogen-bond donors (Lipinski definition) is 0. The quantitative estimate of drug-likeness (QED) is 0.174. The predicted molar refractivity (Wildman–Crippen MR) is 195 cm³/mol. The smallest absolute Gasteiger partial charge is 0.184 e. The summed E-state index contributed by atoms with van der Waals surface area (Å²) in [5, 5.41) is 4.61. The topological polar surface area (TPSA) is 49.3 Å². The van der Waals surface area contributed by atoms with Crippen LogP contribution in [0, 0.1) is 28.6 Å². The highest BCUT2D eigenvalue weighted by atomic mass is 28.4.